The summed E-state index contributed by atoms with van der Waals surface area (Å²) in [6.45, 7) is 0. The molecule has 0 spiro atoms. The first kappa shape index (κ1) is 9.36. The van der Waals surface area contributed by atoms with Crippen LogP contribution in [0.5, 0.6) is 0 Å². The minimum Gasteiger partial charge on any atom is -0.478 e. The van der Waals surface area contributed by atoms with Gasteiger partial charge in [0.05, 0.1) is 11.3 Å². The maximum absolute atomic E-state index is 10.6. The second-order valence-electron chi connectivity index (χ2n) is 2.23. The molecule has 4 nitrogen and oxygen atoms in total. The highest BCUT2D eigenvalue weighted by molar-refractivity contribution is 6.31. The lowest BCUT2D eigenvalue weighted by molar-refractivity contribution is 0.0698. The first-order valence-corrected chi connectivity index (χ1v) is 3.71. The summed E-state index contributed by atoms with van der Waals surface area (Å²) in [7, 11) is 0. The van der Waals surface area contributed by atoms with Crippen LogP contribution in [0.25, 0.3) is 0 Å². The van der Waals surface area contributed by atoms with Crippen molar-refractivity contribution < 1.29 is 9.90 Å². The monoisotopic (exact) mass is 196 g/mol. The van der Waals surface area contributed by atoms with Crippen molar-refractivity contribution in [1.29, 1.82) is 5.26 Å². The molecule has 1 rings (SSSR count). The predicted octanol–water partition coefficient (Wildman–Crippen LogP) is 1.93. The molecule has 0 aliphatic rings. The van der Waals surface area contributed by atoms with Gasteiger partial charge in [0.25, 0.3) is 0 Å². The number of anilines is 1. The van der Waals surface area contributed by atoms with Crippen LogP contribution in [0.3, 0.4) is 0 Å². The van der Waals surface area contributed by atoms with E-state index in [0.29, 0.717) is 5.02 Å². The summed E-state index contributed by atoms with van der Waals surface area (Å²) in [5, 5.41) is 19.6. The lowest BCUT2D eigenvalue weighted by atomic mass is 10.2. The number of carbonyl (C=O) groups is 1. The molecule has 1 aromatic carbocycles. The van der Waals surface area contributed by atoms with E-state index in [9.17, 15) is 4.79 Å². The van der Waals surface area contributed by atoms with Gasteiger partial charge in [-0.05, 0) is 18.2 Å². The average molecular weight is 197 g/mol. The number of benzene rings is 1. The molecule has 0 bridgehead atoms. The van der Waals surface area contributed by atoms with Gasteiger partial charge in [0.2, 0.25) is 0 Å². The van der Waals surface area contributed by atoms with Crippen molar-refractivity contribution in [2.45, 2.75) is 0 Å². The van der Waals surface area contributed by atoms with Crippen LogP contribution in [-0.4, -0.2) is 11.1 Å². The van der Waals surface area contributed by atoms with Crippen molar-refractivity contribution in [3.8, 4) is 6.19 Å². The number of carboxylic acids is 1. The lowest BCUT2D eigenvalue weighted by Gasteiger charge is -2.02. The number of carboxylic acid groups (broad SMARTS) is 1. The lowest BCUT2D eigenvalue weighted by Crippen LogP contribution is -2.01. The van der Waals surface area contributed by atoms with E-state index in [-0.39, 0.29) is 11.3 Å². The number of hydrogen-bond donors (Lipinski definition) is 2. The Labute approximate surface area is 79.4 Å². The van der Waals surface area contributed by atoms with Gasteiger partial charge in [-0.25, -0.2) is 4.79 Å². The molecule has 0 saturated carbocycles. The molecule has 2 N–H and O–H groups in total. The average Bonchev–Trinajstić information content (AvgIpc) is 2.08. The zero-order valence-corrected chi connectivity index (χ0v) is 7.17. The van der Waals surface area contributed by atoms with Gasteiger partial charge >= 0.3 is 5.97 Å². The van der Waals surface area contributed by atoms with Crippen LogP contribution < -0.4 is 5.32 Å². The quantitative estimate of drug-likeness (QED) is 0.560. The molecule has 0 aliphatic heterocycles. The van der Waals surface area contributed by atoms with Gasteiger partial charge in [-0.15, -0.1) is 0 Å². The molecule has 66 valence electrons. The van der Waals surface area contributed by atoms with E-state index in [4.69, 9.17) is 22.0 Å². The molecule has 0 radical (unpaired) electrons. The second kappa shape index (κ2) is 3.78. The highest BCUT2D eigenvalue weighted by atomic mass is 35.5. The Morgan fingerprint density at radius 3 is 2.85 bits per heavy atom. The summed E-state index contributed by atoms with van der Waals surface area (Å²) < 4.78 is 0. The topological polar surface area (TPSA) is 73.1 Å². The van der Waals surface area contributed by atoms with E-state index >= 15 is 0 Å². The van der Waals surface area contributed by atoms with Crippen LogP contribution >= 0.6 is 11.6 Å². The largest absolute Gasteiger partial charge is 0.478 e. The number of nitriles is 1. The number of rotatable bonds is 2. The second-order valence-corrected chi connectivity index (χ2v) is 2.67. The normalized spacial score (nSPS) is 8.92. The van der Waals surface area contributed by atoms with E-state index in [0.717, 1.165) is 0 Å². The molecule has 5 heteroatoms. The third-order valence-electron chi connectivity index (χ3n) is 1.40. The number of halogens is 1. The smallest absolute Gasteiger partial charge is 0.337 e. The summed E-state index contributed by atoms with van der Waals surface area (Å²) in [5.74, 6) is -1.12. The Morgan fingerprint density at radius 1 is 1.62 bits per heavy atom. The Balaban J connectivity index is 3.20. The van der Waals surface area contributed by atoms with Gasteiger partial charge in [-0.2, -0.15) is 5.26 Å². The number of hydrogen-bond acceptors (Lipinski definition) is 3. The van der Waals surface area contributed by atoms with E-state index < -0.39 is 5.97 Å². The van der Waals surface area contributed by atoms with E-state index in [1.54, 1.807) is 6.19 Å². The molecule has 0 amide bonds. The van der Waals surface area contributed by atoms with Gasteiger partial charge in [0.15, 0.2) is 6.19 Å². The Morgan fingerprint density at radius 2 is 2.31 bits per heavy atom. The molecular formula is C8H5ClN2O2. The highest BCUT2D eigenvalue weighted by Crippen LogP contribution is 2.20. The van der Waals surface area contributed by atoms with Gasteiger partial charge in [0, 0.05) is 5.02 Å². The molecule has 0 fully saturated rings. The van der Waals surface area contributed by atoms with Crippen LogP contribution in [0.1, 0.15) is 10.4 Å². The third-order valence-corrected chi connectivity index (χ3v) is 1.64. The number of nitrogens with zero attached hydrogens (tertiary/aromatic N) is 1. The highest BCUT2D eigenvalue weighted by Gasteiger charge is 2.09. The summed E-state index contributed by atoms with van der Waals surface area (Å²) in [6, 6.07) is 4.23. The predicted molar refractivity (Wildman–Crippen MR) is 47.6 cm³/mol. The fraction of sp³-hybridized carbons (Fsp3) is 0. The zero-order chi connectivity index (χ0) is 9.84. The molecule has 13 heavy (non-hydrogen) atoms. The van der Waals surface area contributed by atoms with Crippen molar-refractivity contribution in [2.24, 2.45) is 0 Å². The van der Waals surface area contributed by atoms with Crippen LogP contribution in [0, 0.1) is 11.5 Å². The maximum Gasteiger partial charge on any atom is 0.337 e. The molecule has 0 unspecified atom stereocenters. The van der Waals surface area contributed by atoms with Gasteiger partial charge < -0.3 is 5.11 Å². The third kappa shape index (κ3) is 2.10. The molecule has 0 heterocycles. The van der Waals surface area contributed by atoms with Gasteiger partial charge in [-0.3, -0.25) is 5.32 Å². The van der Waals surface area contributed by atoms with E-state index in [1.807, 2.05) is 0 Å². The molecule has 0 aliphatic carbocycles. The Bertz CT molecular complexity index is 384. The fourth-order valence-electron chi connectivity index (χ4n) is 0.863. The standard InChI is InChI=1S/C8H5ClN2O2/c9-5-1-2-7(11-4-10)6(3-5)8(12)13/h1-3,11H,(H,12,13). The molecule has 1 aromatic rings. The SMILES string of the molecule is N#CNc1ccc(Cl)cc1C(=O)O. The zero-order valence-electron chi connectivity index (χ0n) is 6.41. The Hall–Kier alpha value is -1.73. The van der Waals surface area contributed by atoms with Gasteiger partial charge in [-0.1, -0.05) is 11.6 Å². The minimum absolute atomic E-state index is 0.0194. The van der Waals surface area contributed by atoms with Crippen molar-refractivity contribution in [1.82, 2.24) is 0 Å². The summed E-state index contributed by atoms with van der Waals surface area (Å²) in [6.07, 6.45) is 1.64. The van der Waals surface area contributed by atoms with Crippen molar-refractivity contribution >= 4 is 23.3 Å². The van der Waals surface area contributed by atoms with Crippen molar-refractivity contribution in [3.05, 3.63) is 28.8 Å². The number of nitrogens with one attached hydrogen (secondary N) is 1. The summed E-state index contributed by atoms with van der Waals surface area (Å²) >= 11 is 5.59. The molecular weight excluding hydrogens is 192 g/mol. The first-order valence-electron chi connectivity index (χ1n) is 3.33. The van der Waals surface area contributed by atoms with Crippen molar-refractivity contribution in [2.75, 3.05) is 5.32 Å². The van der Waals surface area contributed by atoms with Crippen LogP contribution in [0.2, 0.25) is 5.02 Å². The summed E-state index contributed by atoms with van der Waals surface area (Å²) in [4.78, 5) is 10.6. The number of aromatic carboxylic acids is 1. The fourth-order valence-corrected chi connectivity index (χ4v) is 1.03. The van der Waals surface area contributed by atoms with Crippen LogP contribution in [0.15, 0.2) is 18.2 Å². The molecule has 0 atom stereocenters. The molecule has 0 saturated heterocycles. The summed E-state index contributed by atoms with van der Waals surface area (Å²) in [5.41, 5.74) is 0.216. The molecule has 0 aromatic heterocycles. The van der Waals surface area contributed by atoms with Crippen LogP contribution in [-0.2, 0) is 0 Å². The maximum atomic E-state index is 10.6. The van der Waals surface area contributed by atoms with E-state index in [2.05, 4.69) is 5.32 Å². The minimum atomic E-state index is -1.12. The Kier molecular flexibility index (Phi) is 2.72. The van der Waals surface area contributed by atoms with E-state index in [1.165, 1.54) is 18.2 Å². The van der Waals surface area contributed by atoms with Gasteiger partial charge in [0.1, 0.15) is 0 Å². The first-order chi connectivity index (χ1) is 6.15. The van der Waals surface area contributed by atoms with Crippen molar-refractivity contribution in [3.63, 3.8) is 0 Å². The van der Waals surface area contributed by atoms with Crippen LogP contribution in [0.4, 0.5) is 5.69 Å².